The molecule has 0 bridgehead atoms. The molecule has 0 aliphatic rings. The van der Waals surface area contributed by atoms with Gasteiger partial charge >= 0.3 is 0 Å². The monoisotopic (exact) mass is 262 g/mol. The van der Waals surface area contributed by atoms with E-state index in [1.54, 1.807) is 6.07 Å². The van der Waals surface area contributed by atoms with Crippen LogP contribution in [0, 0.1) is 6.92 Å². The summed E-state index contributed by atoms with van der Waals surface area (Å²) in [6, 6.07) is 15.3. The Morgan fingerprint density at radius 2 is 1.76 bits per heavy atom. The fraction of sp³-hybridized carbons (Fsp3) is 0.0714. The molecule has 0 saturated heterocycles. The fourth-order valence-corrected chi connectivity index (χ4v) is 3.10. The Hall–Kier alpha value is -1.17. The first-order valence-corrected chi connectivity index (χ1v) is 6.68. The van der Waals surface area contributed by atoms with Crippen molar-refractivity contribution >= 4 is 31.0 Å². The minimum Gasteiger partial charge on any atom is -0.289 e. The minimum absolute atomic E-state index is 0.0966. The number of halogens is 1. The van der Waals surface area contributed by atoms with Gasteiger partial charge in [-0.1, -0.05) is 54.1 Å². The largest absolute Gasteiger partial charge is 0.289 e. The molecule has 2 aromatic carbocycles. The summed E-state index contributed by atoms with van der Waals surface area (Å²) in [5.41, 5.74) is 1.68. The molecule has 3 heteroatoms. The Morgan fingerprint density at radius 3 is 2.41 bits per heavy atom. The lowest BCUT2D eigenvalue weighted by molar-refractivity contribution is 0.108. The maximum Gasteiger partial charge on any atom is 0.187 e. The third-order valence-corrected chi connectivity index (χ3v) is 3.89. The molecule has 0 saturated carbocycles. The zero-order valence-electron chi connectivity index (χ0n) is 9.41. The number of hydrogen-bond donors (Lipinski definition) is 0. The second kappa shape index (κ2) is 5.44. The summed E-state index contributed by atoms with van der Waals surface area (Å²) >= 11 is 6.07. The molecule has 0 aliphatic heterocycles. The minimum atomic E-state index is 0.0966. The van der Waals surface area contributed by atoms with Gasteiger partial charge in [-0.05, 0) is 32.4 Å². The summed E-state index contributed by atoms with van der Waals surface area (Å²) in [6.07, 6.45) is 0. The lowest BCUT2D eigenvalue weighted by atomic mass is 10.1. The van der Waals surface area contributed by atoms with Gasteiger partial charge in [0.15, 0.2) is 5.52 Å². The van der Waals surface area contributed by atoms with Gasteiger partial charge in [0.25, 0.3) is 0 Å². The second-order valence-corrected chi connectivity index (χ2v) is 5.44. The SMILES string of the molecule is Cc1cccc(Cl)c1C(=O)Pc1ccccc1. The van der Waals surface area contributed by atoms with Gasteiger partial charge in [0.1, 0.15) is 0 Å². The summed E-state index contributed by atoms with van der Waals surface area (Å²) in [5, 5.41) is 1.58. The van der Waals surface area contributed by atoms with E-state index in [9.17, 15) is 4.79 Å². The molecule has 0 fully saturated rings. The lowest BCUT2D eigenvalue weighted by Crippen LogP contribution is -2.02. The van der Waals surface area contributed by atoms with Crippen molar-refractivity contribution in [2.24, 2.45) is 0 Å². The first-order valence-electron chi connectivity index (χ1n) is 5.30. The number of rotatable bonds is 3. The normalized spacial score (nSPS) is 10.9. The molecule has 1 unspecified atom stereocenters. The second-order valence-electron chi connectivity index (χ2n) is 3.75. The third-order valence-electron chi connectivity index (χ3n) is 2.48. The van der Waals surface area contributed by atoms with Crippen LogP contribution < -0.4 is 5.30 Å². The molecular formula is C14H12ClOP. The van der Waals surface area contributed by atoms with Gasteiger partial charge in [-0.3, -0.25) is 4.79 Å². The highest BCUT2D eigenvalue weighted by molar-refractivity contribution is 7.66. The van der Waals surface area contributed by atoms with E-state index >= 15 is 0 Å². The van der Waals surface area contributed by atoms with Crippen LogP contribution >= 0.6 is 20.2 Å². The van der Waals surface area contributed by atoms with Crippen LogP contribution in [-0.2, 0) is 0 Å². The van der Waals surface area contributed by atoms with E-state index in [1.807, 2.05) is 49.4 Å². The fourth-order valence-electron chi connectivity index (χ4n) is 1.63. The van der Waals surface area contributed by atoms with E-state index in [2.05, 4.69) is 0 Å². The Morgan fingerprint density at radius 1 is 1.06 bits per heavy atom. The van der Waals surface area contributed by atoms with E-state index in [1.165, 1.54) is 0 Å². The number of aryl methyl sites for hydroxylation is 1. The topological polar surface area (TPSA) is 17.1 Å². The van der Waals surface area contributed by atoms with Crippen LogP contribution in [-0.4, -0.2) is 5.52 Å². The van der Waals surface area contributed by atoms with Crippen LogP contribution in [0.3, 0.4) is 0 Å². The molecule has 17 heavy (non-hydrogen) atoms. The van der Waals surface area contributed by atoms with Gasteiger partial charge in [0, 0.05) is 5.56 Å². The lowest BCUT2D eigenvalue weighted by Gasteiger charge is -2.07. The number of carbonyl (C=O) groups excluding carboxylic acids is 1. The van der Waals surface area contributed by atoms with Crippen molar-refractivity contribution in [1.29, 1.82) is 0 Å². The predicted octanol–water partition coefficient (Wildman–Crippen LogP) is 3.79. The van der Waals surface area contributed by atoms with Crippen molar-refractivity contribution in [3.05, 3.63) is 64.7 Å². The molecular weight excluding hydrogens is 251 g/mol. The maximum absolute atomic E-state index is 12.2. The van der Waals surface area contributed by atoms with Crippen molar-refractivity contribution in [3.63, 3.8) is 0 Å². The van der Waals surface area contributed by atoms with Crippen LogP contribution in [0.15, 0.2) is 48.5 Å². The molecule has 0 radical (unpaired) electrons. The zero-order chi connectivity index (χ0) is 12.3. The van der Waals surface area contributed by atoms with Gasteiger partial charge in [-0.15, -0.1) is 0 Å². The molecule has 0 spiro atoms. The summed E-state index contributed by atoms with van der Waals surface area (Å²) in [6.45, 7) is 1.91. The van der Waals surface area contributed by atoms with Crippen molar-refractivity contribution in [3.8, 4) is 0 Å². The van der Waals surface area contributed by atoms with Crippen molar-refractivity contribution in [2.45, 2.75) is 6.92 Å². The molecule has 2 aromatic rings. The molecule has 1 atom stereocenters. The van der Waals surface area contributed by atoms with Crippen molar-refractivity contribution in [2.75, 3.05) is 0 Å². The van der Waals surface area contributed by atoms with Gasteiger partial charge in [0.2, 0.25) is 0 Å². The molecule has 0 heterocycles. The van der Waals surface area contributed by atoms with Gasteiger partial charge in [0.05, 0.1) is 5.02 Å². The van der Waals surface area contributed by atoms with E-state index in [-0.39, 0.29) is 14.1 Å². The summed E-state index contributed by atoms with van der Waals surface area (Å²) < 4.78 is 0. The Balaban J connectivity index is 2.27. The smallest absolute Gasteiger partial charge is 0.187 e. The molecule has 0 aliphatic carbocycles. The van der Waals surface area contributed by atoms with Crippen LogP contribution in [0.1, 0.15) is 15.9 Å². The molecule has 1 nitrogen and oxygen atoms in total. The molecule has 86 valence electrons. The van der Waals surface area contributed by atoms with Crippen molar-refractivity contribution < 1.29 is 4.79 Å². The highest BCUT2D eigenvalue weighted by Crippen LogP contribution is 2.27. The van der Waals surface area contributed by atoms with Crippen LogP contribution in [0.2, 0.25) is 5.02 Å². The average molecular weight is 263 g/mol. The standard InChI is InChI=1S/C14H12ClOP/c1-10-6-5-9-12(15)13(10)14(16)17-11-7-3-2-4-8-11/h2-9,17H,1H3. The maximum atomic E-state index is 12.2. The summed E-state index contributed by atoms with van der Waals surface area (Å²) in [4.78, 5) is 12.2. The van der Waals surface area contributed by atoms with Gasteiger partial charge in [-0.2, -0.15) is 0 Å². The number of hydrogen-bond acceptors (Lipinski definition) is 1. The Kier molecular flexibility index (Phi) is 3.93. The van der Waals surface area contributed by atoms with Crippen molar-refractivity contribution in [1.82, 2.24) is 0 Å². The van der Waals surface area contributed by atoms with Gasteiger partial charge in [-0.25, -0.2) is 0 Å². The Bertz CT molecular complexity index is 517. The van der Waals surface area contributed by atoms with Crippen LogP contribution in [0.4, 0.5) is 0 Å². The van der Waals surface area contributed by atoms with E-state index in [0.29, 0.717) is 10.6 Å². The van der Waals surface area contributed by atoms with E-state index < -0.39 is 0 Å². The number of benzene rings is 2. The molecule has 0 amide bonds. The Labute approximate surface area is 108 Å². The average Bonchev–Trinajstić information content (AvgIpc) is 2.30. The summed E-state index contributed by atoms with van der Waals surface area (Å²) in [5.74, 6) is 0. The summed E-state index contributed by atoms with van der Waals surface area (Å²) in [7, 11) is 0.125. The first-order chi connectivity index (χ1) is 8.18. The molecule has 0 N–H and O–H groups in total. The van der Waals surface area contributed by atoms with Crippen LogP contribution in [0.5, 0.6) is 0 Å². The molecule has 0 aromatic heterocycles. The highest BCUT2D eigenvalue weighted by Gasteiger charge is 2.13. The molecule has 2 rings (SSSR count). The van der Waals surface area contributed by atoms with E-state index in [4.69, 9.17) is 11.6 Å². The van der Waals surface area contributed by atoms with Gasteiger partial charge < -0.3 is 0 Å². The van der Waals surface area contributed by atoms with Crippen LogP contribution in [0.25, 0.3) is 0 Å². The predicted molar refractivity (Wildman–Crippen MR) is 74.9 cm³/mol. The highest BCUT2D eigenvalue weighted by atomic mass is 35.5. The first kappa shape index (κ1) is 12.3. The number of carbonyl (C=O) groups is 1. The third kappa shape index (κ3) is 2.94. The zero-order valence-corrected chi connectivity index (χ0v) is 11.2. The quantitative estimate of drug-likeness (QED) is 0.769. The van der Waals surface area contributed by atoms with E-state index in [0.717, 1.165) is 10.9 Å².